The number of halogens is 4. The number of β-amino-alcohol motifs (C(OH)–C–C–N with tert-alkyl or cyclic N) is 1. The van der Waals surface area contributed by atoms with E-state index in [-0.39, 0.29) is 82.2 Å². The topological polar surface area (TPSA) is 253 Å². The van der Waals surface area contributed by atoms with Crippen molar-refractivity contribution in [2.75, 3.05) is 26.2 Å². The number of nitrogens with zero attached hydrogens (tertiary/aromatic N) is 6. The summed E-state index contributed by atoms with van der Waals surface area (Å²) >= 11 is 1.55. The van der Waals surface area contributed by atoms with Gasteiger partial charge in [0.25, 0.3) is 5.91 Å². The average molecular weight is 1090 g/mol. The molecular weight excluding hydrogens is 1030 g/mol. The van der Waals surface area contributed by atoms with Crippen molar-refractivity contribution in [3.63, 3.8) is 0 Å². The molecule has 5 aromatic rings. The van der Waals surface area contributed by atoms with Crippen molar-refractivity contribution >= 4 is 46.8 Å². The van der Waals surface area contributed by atoms with E-state index < -0.39 is 77.5 Å². The van der Waals surface area contributed by atoms with Crippen molar-refractivity contribution in [3.8, 4) is 33.3 Å². The van der Waals surface area contributed by atoms with Crippen LogP contribution in [0.1, 0.15) is 86.5 Å². The first kappa shape index (κ1) is 57.2. The molecule has 0 unspecified atom stereocenters. The number of benzene rings is 2. The van der Waals surface area contributed by atoms with Crippen LogP contribution in [0.5, 0.6) is 11.6 Å². The van der Waals surface area contributed by atoms with Gasteiger partial charge in [0.2, 0.25) is 35.4 Å². The number of piperidine rings is 1. The second kappa shape index (κ2) is 25.1. The first-order chi connectivity index (χ1) is 36.5. The molecule has 2 aliphatic heterocycles. The first-order valence-corrected chi connectivity index (χ1v) is 26.0. The number of nitrogens with one attached hydrogen (secondary N) is 3. The number of aliphatic hydroxyl groups excluding tert-OH is 1. The number of pyridine rings is 1. The quantitative estimate of drug-likeness (QED) is 0.0456. The minimum Gasteiger partial charge on any atom is -0.471 e. The Labute approximate surface area is 445 Å². The van der Waals surface area contributed by atoms with Gasteiger partial charge in [-0.1, -0.05) is 57.2 Å². The number of nitrogens with two attached hydrogens (primary N) is 1. The van der Waals surface area contributed by atoms with E-state index >= 15 is 4.39 Å². The van der Waals surface area contributed by atoms with E-state index in [0.717, 1.165) is 33.8 Å². The summed E-state index contributed by atoms with van der Waals surface area (Å²) in [6.07, 6.45) is -3.02. The normalized spacial score (nSPS) is 18.1. The van der Waals surface area contributed by atoms with Crippen molar-refractivity contribution in [2.24, 2.45) is 11.1 Å². The van der Waals surface area contributed by atoms with Gasteiger partial charge in [-0.15, -0.1) is 24.5 Å². The van der Waals surface area contributed by atoms with E-state index in [9.17, 15) is 47.0 Å². The fourth-order valence-electron chi connectivity index (χ4n) is 8.98. The number of thiazole rings is 1. The Morgan fingerprint density at radius 3 is 2.29 bits per heavy atom. The third-order valence-electron chi connectivity index (χ3n) is 13.1. The fraction of sp³-hybridized carbons (Fsp3) is 0.453. The molecule has 24 heteroatoms. The zero-order chi connectivity index (χ0) is 55.6. The Kier molecular flexibility index (Phi) is 18.7. The van der Waals surface area contributed by atoms with E-state index in [2.05, 4.69) is 35.6 Å². The van der Waals surface area contributed by atoms with Crippen LogP contribution in [0.25, 0.3) is 21.7 Å². The molecule has 412 valence electrons. The summed E-state index contributed by atoms with van der Waals surface area (Å²) in [7, 11) is 0. The Hall–Kier alpha value is -7.47. The van der Waals surface area contributed by atoms with Crippen molar-refractivity contribution in [1.29, 1.82) is 0 Å². The standard InChI is InChI=1S/C53H62F4N10O9S/c1-31-46(77-30-63-31)34-13-9-33(10-14-34)24-60-49(73)41-23-36(68)26-67(41)51(74)47(52(2,3)4)64-44(70)7-5-18-59-43(69)8-6-19-65-28-40(62-29-65)35-22-38(48(58)72)50(61-25-35)75-42-17-20-66(27-39(42)54)45(71)21-32-11-15-37(16-12-32)76-53(55,56)57/h9-16,22,25,28-30,36,39,41-42,47,68H,5-8,17-21,23-24,26-27H2,1-4H3,(H2,58,72)(H,59,69)(H,60,73)(H,64,70)/t36-,39-,41+,42-,47-/m1/s1. The Morgan fingerprint density at radius 2 is 1.62 bits per heavy atom. The van der Waals surface area contributed by atoms with Gasteiger partial charge in [0.05, 0.1) is 47.2 Å². The lowest BCUT2D eigenvalue weighted by Crippen LogP contribution is -2.57. The minimum atomic E-state index is -4.86. The van der Waals surface area contributed by atoms with Crippen molar-refractivity contribution in [2.45, 2.75) is 123 Å². The number of ether oxygens (including phenoxy) is 2. The van der Waals surface area contributed by atoms with Crippen LogP contribution in [0.3, 0.4) is 0 Å². The number of amides is 6. The number of aliphatic hydroxyl groups is 1. The summed E-state index contributed by atoms with van der Waals surface area (Å²) < 4.78 is 64.3. The highest BCUT2D eigenvalue weighted by atomic mass is 32.1. The molecule has 0 radical (unpaired) electrons. The van der Waals surface area contributed by atoms with Gasteiger partial charge in [-0.25, -0.2) is 19.3 Å². The number of likely N-dealkylation sites (tertiary alicyclic amines) is 2. The molecule has 0 saturated carbocycles. The predicted octanol–water partition coefficient (Wildman–Crippen LogP) is 5.42. The number of aromatic nitrogens is 4. The molecule has 77 heavy (non-hydrogen) atoms. The first-order valence-electron chi connectivity index (χ1n) is 25.1. The number of hydrogen-bond acceptors (Lipinski definition) is 13. The minimum absolute atomic E-state index is 0.0153. The Bertz CT molecular complexity index is 2890. The molecular formula is C53H62F4N10O9S. The van der Waals surface area contributed by atoms with Gasteiger partial charge >= 0.3 is 6.36 Å². The maximum atomic E-state index is 15.4. The number of primary amides is 1. The molecule has 2 fully saturated rings. The van der Waals surface area contributed by atoms with Gasteiger partial charge < -0.3 is 50.6 Å². The number of carbonyl (C=O) groups is 6. The third kappa shape index (κ3) is 15.8. The van der Waals surface area contributed by atoms with Crippen LogP contribution in [-0.4, -0.2) is 133 Å². The lowest BCUT2D eigenvalue weighted by atomic mass is 9.85. The van der Waals surface area contributed by atoms with Crippen LogP contribution in [0.2, 0.25) is 0 Å². The summed E-state index contributed by atoms with van der Waals surface area (Å²) in [6.45, 7) is 7.91. The molecule has 5 heterocycles. The largest absolute Gasteiger partial charge is 0.573 e. The highest BCUT2D eigenvalue weighted by molar-refractivity contribution is 7.13. The van der Waals surface area contributed by atoms with Gasteiger partial charge in [-0.3, -0.25) is 28.8 Å². The molecule has 6 amide bonds. The van der Waals surface area contributed by atoms with E-state index in [1.165, 1.54) is 34.2 Å². The number of alkyl halides is 4. The maximum Gasteiger partial charge on any atom is 0.573 e. The van der Waals surface area contributed by atoms with E-state index in [0.29, 0.717) is 36.2 Å². The zero-order valence-corrected chi connectivity index (χ0v) is 43.8. The summed E-state index contributed by atoms with van der Waals surface area (Å²) in [5.74, 6) is -3.48. The predicted molar refractivity (Wildman–Crippen MR) is 274 cm³/mol. The number of rotatable bonds is 21. The van der Waals surface area contributed by atoms with Gasteiger partial charge in [-0.05, 0) is 60.1 Å². The maximum absolute atomic E-state index is 15.4. The van der Waals surface area contributed by atoms with Crippen molar-refractivity contribution < 1.29 is 60.9 Å². The summed E-state index contributed by atoms with van der Waals surface area (Å²) in [5.41, 5.74) is 10.7. The number of carbonyl (C=O) groups excluding carboxylic acids is 6. The van der Waals surface area contributed by atoms with Crippen LogP contribution >= 0.6 is 11.3 Å². The zero-order valence-electron chi connectivity index (χ0n) is 43.0. The third-order valence-corrected chi connectivity index (χ3v) is 14.1. The molecule has 5 atom stereocenters. The van der Waals surface area contributed by atoms with Crippen LogP contribution in [-0.2, 0) is 43.5 Å². The fourth-order valence-corrected chi connectivity index (χ4v) is 9.79. The highest BCUT2D eigenvalue weighted by Crippen LogP contribution is 2.31. The van der Waals surface area contributed by atoms with Gasteiger partial charge in [0.15, 0.2) is 6.17 Å². The highest BCUT2D eigenvalue weighted by Gasteiger charge is 2.44. The molecule has 0 spiro atoms. The summed E-state index contributed by atoms with van der Waals surface area (Å²) in [6, 6.07) is 12.1. The van der Waals surface area contributed by atoms with Crippen molar-refractivity contribution in [3.05, 3.63) is 101 Å². The SMILES string of the molecule is Cc1ncsc1-c1ccc(CNC(=O)[C@@H]2C[C@@H](O)CN2C(=O)[C@@H](NC(=O)CCCNC(=O)CCCn2cnc(-c3cnc(O[C@@H]4CCN(C(=O)Cc5ccc(OC(F)(F)F)cc5)C[C@H]4F)c(C(N)=O)c3)c2)C(C)(C)C)cc1. The molecule has 2 saturated heterocycles. The van der Waals surface area contributed by atoms with E-state index in [4.69, 9.17) is 10.5 Å². The molecule has 19 nitrogen and oxygen atoms in total. The van der Waals surface area contributed by atoms with Crippen molar-refractivity contribution in [1.82, 2.24) is 45.3 Å². The average Bonchev–Trinajstić information content (AvgIpc) is 4.14. The second-order valence-corrected chi connectivity index (χ2v) is 21.0. The number of hydrogen-bond donors (Lipinski definition) is 5. The van der Waals surface area contributed by atoms with Gasteiger partial charge in [0.1, 0.15) is 29.5 Å². The smallest absolute Gasteiger partial charge is 0.471 e. The number of aryl methyl sites for hydroxylation is 2. The van der Waals surface area contributed by atoms with Gasteiger partial charge in [0, 0.05) is 76.4 Å². The Morgan fingerprint density at radius 1 is 0.909 bits per heavy atom. The van der Waals surface area contributed by atoms with Gasteiger partial charge in [-0.2, -0.15) is 0 Å². The second-order valence-electron chi connectivity index (χ2n) is 20.1. The monoisotopic (exact) mass is 1090 g/mol. The summed E-state index contributed by atoms with van der Waals surface area (Å²) in [5, 5.41) is 19.1. The molecule has 0 bridgehead atoms. The molecule has 2 aromatic carbocycles. The molecule has 6 N–H and O–H groups in total. The molecule has 2 aliphatic rings. The van der Waals surface area contributed by atoms with E-state index in [1.807, 2.05) is 31.2 Å². The van der Waals surface area contributed by atoms with E-state index in [1.54, 1.807) is 54.7 Å². The van der Waals surface area contributed by atoms with Crippen LogP contribution < -0.4 is 31.2 Å². The van der Waals surface area contributed by atoms with Crippen LogP contribution in [0, 0.1) is 12.3 Å². The molecule has 3 aromatic heterocycles. The lowest BCUT2D eigenvalue weighted by Gasteiger charge is -2.35. The number of imidazole rings is 1. The van der Waals surface area contributed by atoms with Crippen LogP contribution in [0.15, 0.2) is 78.8 Å². The molecule has 0 aliphatic carbocycles. The Balaban J connectivity index is 0.813. The summed E-state index contributed by atoms with van der Waals surface area (Å²) in [4.78, 5) is 95.5. The lowest BCUT2D eigenvalue weighted by molar-refractivity contribution is -0.274. The molecule has 7 rings (SSSR count). The van der Waals surface area contributed by atoms with Crippen LogP contribution in [0.4, 0.5) is 17.6 Å².